The van der Waals surface area contributed by atoms with Crippen molar-refractivity contribution in [2.45, 2.75) is 24.2 Å². The van der Waals surface area contributed by atoms with Crippen LogP contribution in [-0.2, 0) is 10.0 Å². The highest BCUT2D eigenvalue weighted by molar-refractivity contribution is 7.89. The third kappa shape index (κ3) is 2.68. The number of nitrogens with one attached hydrogen (secondary N) is 1. The molecule has 1 aromatic carbocycles. The number of hydrogen-bond acceptors (Lipinski definition) is 3. The van der Waals surface area contributed by atoms with Crippen LogP contribution in [0.5, 0.6) is 0 Å². The Hall–Kier alpha value is -1.45. The lowest BCUT2D eigenvalue weighted by atomic mass is 9.86. The largest absolute Gasteiger partial charge is 0.240 e. The van der Waals surface area contributed by atoms with Crippen molar-refractivity contribution in [3.8, 4) is 6.07 Å². The monoisotopic (exact) mass is 268 g/mol. The fraction of sp³-hybridized carbons (Fsp3) is 0.417. The second-order valence-electron chi connectivity index (χ2n) is 4.40. The van der Waals surface area contributed by atoms with Crippen molar-refractivity contribution in [2.75, 3.05) is 6.54 Å². The van der Waals surface area contributed by atoms with E-state index in [9.17, 15) is 12.8 Å². The fourth-order valence-corrected chi connectivity index (χ4v) is 2.91. The van der Waals surface area contributed by atoms with Gasteiger partial charge in [0.25, 0.3) is 0 Å². The van der Waals surface area contributed by atoms with E-state index in [1.54, 1.807) is 6.07 Å². The van der Waals surface area contributed by atoms with E-state index < -0.39 is 15.8 Å². The van der Waals surface area contributed by atoms with Gasteiger partial charge in [-0.05, 0) is 37.0 Å². The van der Waals surface area contributed by atoms with E-state index in [4.69, 9.17) is 5.26 Å². The third-order valence-corrected chi connectivity index (χ3v) is 4.58. The summed E-state index contributed by atoms with van der Waals surface area (Å²) in [5.74, 6) is -0.314. The maximum Gasteiger partial charge on any atom is 0.240 e. The quantitative estimate of drug-likeness (QED) is 0.904. The molecular weight excluding hydrogens is 255 g/mol. The van der Waals surface area contributed by atoms with Crippen LogP contribution in [0.2, 0.25) is 0 Å². The number of halogens is 1. The van der Waals surface area contributed by atoms with Crippen LogP contribution in [0.25, 0.3) is 0 Å². The molecule has 0 amide bonds. The molecule has 0 aliphatic heterocycles. The molecule has 0 atom stereocenters. The Balaban J connectivity index is 2.16. The number of sulfonamides is 1. The summed E-state index contributed by atoms with van der Waals surface area (Å²) in [5.41, 5.74) is -0.262. The van der Waals surface area contributed by atoms with Gasteiger partial charge >= 0.3 is 0 Å². The first-order chi connectivity index (χ1) is 8.53. The van der Waals surface area contributed by atoms with Gasteiger partial charge in [0.1, 0.15) is 11.9 Å². The van der Waals surface area contributed by atoms with Crippen molar-refractivity contribution in [3.63, 3.8) is 0 Å². The van der Waals surface area contributed by atoms with Gasteiger partial charge in [-0.1, -0.05) is 6.42 Å². The van der Waals surface area contributed by atoms with Crippen LogP contribution in [-0.4, -0.2) is 15.0 Å². The van der Waals surface area contributed by atoms with Gasteiger partial charge in [0.15, 0.2) is 0 Å². The smallest absolute Gasteiger partial charge is 0.211 e. The molecular formula is C12H13FN2O2S. The van der Waals surface area contributed by atoms with E-state index in [2.05, 4.69) is 4.72 Å². The minimum absolute atomic E-state index is 0.0697. The van der Waals surface area contributed by atoms with E-state index in [-0.39, 0.29) is 10.5 Å². The normalized spacial score (nSPS) is 16.0. The molecule has 4 nitrogen and oxygen atoms in total. The Bertz CT molecular complexity index is 589. The number of hydrogen-bond donors (Lipinski definition) is 1. The summed E-state index contributed by atoms with van der Waals surface area (Å²) >= 11 is 0. The second kappa shape index (κ2) is 5.04. The van der Waals surface area contributed by atoms with Gasteiger partial charge in [-0.15, -0.1) is 0 Å². The SMILES string of the molecule is N#Cc1cc(S(=O)(=O)NCC2CCC2)ccc1F. The number of benzene rings is 1. The zero-order valence-corrected chi connectivity index (χ0v) is 10.5. The van der Waals surface area contributed by atoms with Gasteiger partial charge in [0.2, 0.25) is 10.0 Å². The van der Waals surface area contributed by atoms with Crippen LogP contribution >= 0.6 is 0 Å². The molecule has 1 saturated carbocycles. The summed E-state index contributed by atoms with van der Waals surface area (Å²) in [6.45, 7) is 0.404. The zero-order valence-electron chi connectivity index (χ0n) is 9.69. The second-order valence-corrected chi connectivity index (χ2v) is 6.17. The van der Waals surface area contributed by atoms with Crippen molar-refractivity contribution >= 4 is 10.0 Å². The predicted molar refractivity (Wildman–Crippen MR) is 63.6 cm³/mol. The highest BCUT2D eigenvalue weighted by Crippen LogP contribution is 2.25. The van der Waals surface area contributed by atoms with E-state index in [0.717, 1.165) is 31.4 Å². The fourth-order valence-electron chi connectivity index (χ4n) is 1.77. The molecule has 0 heterocycles. The molecule has 0 radical (unpaired) electrons. The summed E-state index contributed by atoms with van der Waals surface area (Å²) < 4.78 is 39.4. The molecule has 0 bridgehead atoms. The molecule has 1 fully saturated rings. The molecule has 0 saturated heterocycles. The molecule has 1 N–H and O–H groups in total. The maximum atomic E-state index is 13.1. The molecule has 1 aliphatic carbocycles. The molecule has 96 valence electrons. The van der Waals surface area contributed by atoms with E-state index in [1.807, 2.05) is 0 Å². The van der Waals surface area contributed by atoms with Crippen molar-refractivity contribution < 1.29 is 12.8 Å². The van der Waals surface area contributed by atoms with Crippen molar-refractivity contribution in [2.24, 2.45) is 5.92 Å². The van der Waals surface area contributed by atoms with E-state index >= 15 is 0 Å². The first kappa shape index (κ1) is 13.0. The van der Waals surface area contributed by atoms with Gasteiger partial charge in [-0.25, -0.2) is 17.5 Å². The van der Waals surface area contributed by atoms with E-state index in [0.29, 0.717) is 12.5 Å². The van der Waals surface area contributed by atoms with Crippen LogP contribution in [0.4, 0.5) is 4.39 Å². The van der Waals surface area contributed by atoms with Gasteiger partial charge in [-0.2, -0.15) is 5.26 Å². The average Bonchev–Trinajstić information content (AvgIpc) is 2.27. The summed E-state index contributed by atoms with van der Waals surface area (Å²) in [4.78, 5) is -0.0697. The third-order valence-electron chi connectivity index (χ3n) is 3.16. The first-order valence-electron chi connectivity index (χ1n) is 5.72. The standard InChI is InChI=1S/C12H13FN2O2S/c13-12-5-4-11(6-10(12)7-14)18(16,17)15-8-9-2-1-3-9/h4-6,9,15H,1-3,8H2. The predicted octanol–water partition coefficient (Wildman–Crippen LogP) is 1.78. The van der Waals surface area contributed by atoms with Gasteiger partial charge in [0.05, 0.1) is 10.5 Å². The topological polar surface area (TPSA) is 70.0 Å². The lowest BCUT2D eigenvalue weighted by Crippen LogP contribution is -2.32. The first-order valence-corrected chi connectivity index (χ1v) is 7.20. The average molecular weight is 268 g/mol. The van der Waals surface area contributed by atoms with Gasteiger partial charge in [-0.3, -0.25) is 0 Å². The van der Waals surface area contributed by atoms with Crippen LogP contribution in [0.15, 0.2) is 23.1 Å². The Kier molecular flexibility index (Phi) is 3.64. The molecule has 1 aliphatic rings. The molecule has 0 unspecified atom stereocenters. The summed E-state index contributed by atoms with van der Waals surface area (Å²) in [7, 11) is -3.65. The van der Waals surface area contributed by atoms with Crippen LogP contribution in [0, 0.1) is 23.1 Å². The minimum Gasteiger partial charge on any atom is -0.211 e. The Labute approximate surface area is 105 Å². The van der Waals surface area contributed by atoms with Crippen LogP contribution in [0.3, 0.4) is 0 Å². The molecule has 18 heavy (non-hydrogen) atoms. The molecule has 1 aromatic rings. The lowest BCUT2D eigenvalue weighted by molar-refractivity contribution is 0.316. The molecule has 0 spiro atoms. The van der Waals surface area contributed by atoms with Crippen LogP contribution < -0.4 is 4.72 Å². The Morgan fingerprint density at radius 1 is 1.44 bits per heavy atom. The van der Waals surface area contributed by atoms with Crippen LogP contribution in [0.1, 0.15) is 24.8 Å². The van der Waals surface area contributed by atoms with E-state index in [1.165, 1.54) is 6.07 Å². The van der Waals surface area contributed by atoms with Gasteiger partial charge < -0.3 is 0 Å². The van der Waals surface area contributed by atoms with Crippen molar-refractivity contribution in [1.82, 2.24) is 4.72 Å². The Morgan fingerprint density at radius 3 is 2.72 bits per heavy atom. The number of nitrogens with zero attached hydrogens (tertiary/aromatic N) is 1. The molecule has 6 heteroatoms. The Morgan fingerprint density at radius 2 is 2.17 bits per heavy atom. The summed E-state index contributed by atoms with van der Waals surface area (Å²) in [5, 5.41) is 8.67. The number of nitriles is 1. The molecule has 0 aromatic heterocycles. The van der Waals surface area contributed by atoms with Crippen molar-refractivity contribution in [1.29, 1.82) is 5.26 Å². The van der Waals surface area contributed by atoms with Gasteiger partial charge in [0, 0.05) is 6.54 Å². The zero-order chi connectivity index (χ0) is 13.2. The highest BCUT2D eigenvalue weighted by Gasteiger charge is 2.21. The van der Waals surface area contributed by atoms with Crippen molar-refractivity contribution in [3.05, 3.63) is 29.6 Å². The lowest BCUT2D eigenvalue weighted by Gasteiger charge is -2.25. The number of rotatable bonds is 4. The molecule has 2 rings (SSSR count). The maximum absolute atomic E-state index is 13.1. The summed E-state index contributed by atoms with van der Waals surface area (Å²) in [6.07, 6.45) is 3.21. The minimum atomic E-state index is -3.65. The summed E-state index contributed by atoms with van der Waals surface area (Å²) in [6, 6.07) is 4.84. The highest BCUT2D eigenvalue weighted by atomic mass is 32.2.